The van der Waals surface area contributed by atoms with Gasteiger partial charge < -0.3 is 10.5 Å². The smallest absolute Gasteiger partial charge is 0.0594 e. The lowest BCUT2D eigenvalue weighted by Crippen LogP contribution is -2.46. The largest absolute Gasteiger partial charge is 0.379 e. The third-order valence-corrected chi connectivity index (χ3v) is 3.42. The molecule has 4 heteroatoms. The highest BCUT2D eigenvalue weighted by molar-refractivity contribution is 7.98. The van der Waals surface area contributed by atoms with Gasteiger partial charge >= 0.3 is 0 Å². The Balaban J connectivity index is 2.21. The molecule has 0 saturated carbocycles. The summed E-state index contributed by atoms with van der Waals surface area (Å²) in [6, 6.07) is 0.575. The number of morpholine rings is 1. The Morgan fingerprint density at radius 2 is 2.14 bits per heavy atom. The van der Waals surface area contributed by atoms with E-state index in [1.54, 1.807) is 0 Å². The van der Waals surface area contributed by atoms with E-state index in [-0.39, 0.29) is 0 Å². The fourth-order valence-electron chi connectivity index (χ4n) is 1.86. The quantitative estimate of drug-likeness (QED) is 0.669. The van der Waals surface area contributed by atoms with Gasteiger partial charge in [-0.3, -0.25) is 4.90 Å². The van der Waals surface area contributed by atoms with Crippen molar-refractivity contribution in [3.05, 3.63) is 0 Å². The molecule has 1 heterocycles. The number of rotatable bonds is 6. The van der Waals surface area contributed by atoms with E-state index in [1.165, 1.54) is 18.6 Å². The maximum atomic E-state index is 5.80. The average Bonchev–Trinajstić information content (AvgIpc) is 2.26. The summed E-state index contributed by atoms with van der Waals surface area (Å²) in [5, 5.41) is 0. The summed E-state index contributed by atoms with van der Waals surface area (Å²) in [6.07, 6.45) is 4.67. The molecule has 1 saturated heterocycles. The van der Waals surface area contributed by atoms with Crippen LogP contribution < -0.4 is 5.73 Å². The minimum atomic E-state index is 0.575. The molecule has 3 nitrogen and oxygen atoms in total. The number of nitrogens with zero attached hydrogens (tertiary/aromatic N) is 1. The van der Waals surface area contributed by atoms with Gasteiger partial charge in [-0.05, 0) is 24.9 Å². The highest BCUT2D eigenvalue weighted by Gasteiger charge is 2.18. The van der Waals surface area contributed by atoms with Crippen molar-refractivity contribution in [2.75, 3.05) is 44.9 Å². The first-order valence-electron chi connectivity index (χ1n) is 5.39. The topological polar surface area (TPSA) is 38.5 Å². The zero-order chi connectivity index (χ0) is 10.2. The van der Waals surface area contributed by atoms with Gasteiger partial charge in [0.05, 0.1) is 13.2 Å². The van der Waals surface area contributed by atoms with Gasteiger partial charge in [-0.2, -0.15) is 11.8 Å². The Bertz CT molecular complexity index is 140. The lowest BCUT2D eigenvalue weighted by molar-refractivity contribution is 0.0166. The molecule has 84 valence electrons. The number of nitrogens with two attached hydrogens (primary N) is 1. The Kier molecular flexibility index (Phi) is 6.60. The predicted octanol–water partition coefficient (Wildman–Crippen LogP) is 0.789. The number of hydrogen-bond acceptors (Lipinski definition) is 4. The second-order valence-corrected chi connectivity index (χ2v) is 4.66. The standard InChI is InChI=1S/C10H22N2OS/c1-14-8-2-3-10(9-11)12-4-6-13-7-5-12/h10H,2-9,11H2,1H3. The van der Waals surface area contributed by atoms with Gasteiger partial charge in [0.15, 0.2) is 0 Å². The molecule has 1 rings (SSSR count). The lowest BCUT2D eigenvalue weighted by Gasteiger charge is -2.33. The van der Waals surface area contributed by atoms with Crippen molar-refractivity contribution in [3.8, 4) is 0 Å². The van der Waals surface area contributed by atoms with Crippen LogP contribution in [0.1, 0.15) is 12.8 Å². The summed E-state index contributed by atoms with van der Waals surface area (Å²) in [5.41, 5.74) is 5.80. The third kappa shape index (κ3) is 4.17. The van der Waals surface area contributed by atoms with Crippen LogP contribution in [0.2, 0.25) is 0 Å². The maximum Gasteiger partial charge on any atom is 0.0594 e. The summed E-state index contributed by atoms with van der Waals surface area (Å²) in [5.74, 6) is 1.25. The first-order chi connectivity index (χ1) is 6.88. The Morgan fingerprint density at radius 1 is 1.43 bits per heavy atom. The SMILES string of the molecule is CSCCCC(CN)N1CCOCC1. The van der Waals surface area contributed by atoms with Gasteiger partial charge in [0, 0.05) is 25.7 Å². The molecule has 0 aromatic carbocycles. The summed E-state index contributed by atoms with van der Waals surface area (Å²) < 4.78 is 5.33. The molecule has 1 atom stereocenters. The van der Waals surface area contributed by atoms with Gasteiger partial charge in [-0.1, -0.05) is 0 Å². The second kappa shape index (κ2) is 7.51. The van der Waals surface area contributed by atoms with E-state index in [2.05, 4.69) is 11.2 Å². The molecule has 0 bridgehead atoms. The molecule has 0 radical (unpaired) electrons. The molecule has 0 aromatic rings. The van der Waals surface area contributed by atoms with Gasteiger partial charge in [0.25, 0.3) is 0 Å². The molecule has 2 N–H and O–H groups in total. The van der Waals surface area contributed by atoms with Gasteiger partial charge in [0.1, 0.15) is 0 Å². The molecule has 0 aromatic heterocycles. The lowest BCUT2D eigenvalue weighted by atomic mass is 10.1. The van der Waals surface area contributed by atoms with Crippen LogP contribution in [0, 0.1) is 0 Å². The van der Waals surface area contributed by atoms with Crippen LogP contribution in [0.25, 0.3) is 0 Å². The molecule has 0 spiro atoms. The molecule has 1 aliphatic heterocycles. The van der Waals surface area contributed by atoms with E-state index < -0.39 is 0 Å². The number of thioether (sulfide) groups is 1. The fourth-order valence-corrected chi connectivity index (χ4v) is 2.31. The molecule has 14 heavy (non-hydrogen) atoms. The van der Waals surface area contributed by atoms with E-state index in [0.717, 1.165) is 32.8 Å². The second-order valence-electron chi connectivity index (χ2n) is 3.67. The highest BCUT2D eigenvalue weighted by Crippen LogP contribution is 2.10. The summed E-state index contributed by atoms with van der Waals surface area (Å²) >= 11 is 1.92. The van der Waals surface area contributed by atoms with Gasteiger partial charge in [-0.25, -0.2) is 0 Å². The average molecular weight is 218 g/mol. The van der Waals surface area contributed by atoms with Crippen LogP contribution in [-0.2, 0) is 4.74 Å². The van der Waals surface area contributed by atoms with Crippen molar-refractivity contribution >= 4 is 11.8 Å². The van der Waals surface area contributed by atoms with E-state index in [4.69, 9.17) is 10.5 Å². The Labute approximate surface area is 91.4 Å². The molecule has 1 unspecified atom stereocenters. The molecule has 0 aliphatic carbocycles. The minimum absolute atomic E-state index is 0.575. The highest BCUT2D eigenvalue weighted by atomic mass is 32.2. The van der Waals surface area contributed by atoms with Crippen LogP contribution in [0.4, 0.5) is 0 Å². The van der Waals surface area contributed by atoms with Gasteiger partial charge in [0.2, 0.25) is 0 Å². The Hall–Kier alpha value is 0.230. The van der Waals surface area contributed by atoms with E-state index >= 15 is 0 Å². The van der Waals surface area contributed by atoms with E-state index in [1.807, 2.05) is 11.8 Å². The van der Waals surface area contributed by atoms with Crippen molar-refractivity contribution in [1.82, 2.24) is 4.90 Å². The number of hydrogen-bond donors (Lipinski definition) is 1. The molecular formula is C10H22N2OS. The number of ether oxygens (including phenoxy) is 1. The molecule has 1 aliphatic rings. The third-order valence-electron chi connectivity index (χ3n) is 2.72. The van der Waals surface area contributed by atoms with Crippen molar-refractivity contribution in [2.24, 2.45) is 5.73 Å². The predicted molar refractivity (Wildman–Crippen MR) is 62.9 cm³/mol. The summed E-state index contributed by atoms with van der Waals surface area (Å²) in [6.45, 7) is 4.65. The maximum absolute atomic E-state index is 5.80. The van der Waals surface area contributed by atoms with Crippen LogP contribution in [0.3, 0.4) is 0 Å². The zero-order valence-electron chi connectivity index (χ0n) is 9.08. The van der Waals surface area contributed by atoms with Crippen LogP contribution in [-0.4, -0.2) is 55.8 Å². The first kappa shape index (κ1) is 12.3. The van der Waals surface area contributed by atoms with E-state index in [0.29, 0.717) is 6.04 Å². The molecule has 1 fully saturated rings. The van der Waals surface area contributed by atoms with Crippen LogP contribution in [0.15, 0.2) is 0 Å². The van der Waals surface area contributed by atoms with Crippen molar-refractivity contribution < 1.29 is 4.74 Å². The molecular weight excluding hydrogens is 196 g/mol. The monoisotopic (exact) mass is 218 g/mol. The fraction of sp³-hybridized carbons (Fsp3) is 1.00. The van der Waals surface area contributed by atoms with Crippen molar-refractivity contribution in [2.45, 2.75) is 18.9 Å². The molecule has 0 amide bonds. The van der Waals surface area contributed by atoms with Gasteiger partial charge in [-0.15, -0.1) is 0 Å². The van der Waals surface area contributed by atoms with Crippen molar-refractivity contribution in [1.29, 1.82) is 0 Å². The first-order valence-corrected chi connectivity index (χ1v) is 6.78. The van der Waals surface area contributed by atoms with Crippen LogP contribution in [0.5, 0.6) is 0 Å². The zero-order valence-corrected chi connectivity index (χ0v) is 9.89. The summed E-state index contributed by atoms with van der Waals surface area (Å²) in [7, 11) is 0. The van der Waals surface area contributed by atoms with Crippen LogP contribution >= 0.6 is 11.8 Å². The Morgan fingerprint density at radius 3 is 2.71 bits per heavy atom. The van der Waals surface area contributed by atoms with E-state index in [9.17, 15) is 0 Å². The van der Waals surface area contributed by atoms with Crippen molar-refractivity contribution in [3.63, 3.8) is 0 Å². The minimum Gasteiger partial charge on any atom is -0.379 e. The normalized spacial score (nSPS) is 21.0. The summed E-state index contributed by atoms with van der Waals surface area (Å²) in [4.78, 5) is 2.48.